The van der Waals surface area contributed by atoms with Crippen molar-refractivity contribution in [1.82, 2.24) is 9.62 Å². The number of nitrogens with zero attached hydrogens (tertiary/aromatic N) is 3. The lowest BCUT2D eigenvalue weighted by Crippen LogP contribution is -2.43. The lowest BCUT2D eigenvalue weighted by atomic mass is 10.1. The smallest absolute Gasteiger partial charge is 0.253 e. The molecule has 1 unspecified atom stereocenters. The van der Waals surface area contributed by atoms with Crippen molar-refractivity contribution in [3.05, 3.63) is 60.3 Å². The van der Waals surface area contributed by atoms with E-state index in [4.69, 9.17) is 27.7 Å². The van der Waals surface area contributed by atoms with Crippen LogP contribution in [0.3, 0.4) is 0 Å². The fourth-order valence-corrected chi connectivity index (χ4v) is 4.85. The summed E-state index contributed by atoms with van der Waals surface area (Å²) in [6, 6.07) is 15.8. The molecule has 200 valence electrons. The summed E-state index contributed by atoms with van der Waals surface area (Å²) in [4.78, 5) is 18.9. The maximum atomic E-state index is 11.3. The zero-order chi connectivity index (χ0) is 26.6. The van der Waals surface area contributed by atoms with Crippen molar-refractivity contribution in [2.75, 3.05) is 44.7 Å². The number of methoxy groups -OCH3 is 1. The lowest BCUT2D eigenvalue weighted by Gasteiger charge is -2.35. The molecule has 37 heavy (non-hydrogen) atoms. The van der Waals surface area contributed by atoms with Gasteiger partial charge in [0.05, 0.1) is 24.5 Å². The Bertz CT molecular complexity index is 1060. The first-order chi connectivity index (χ1) is 17.9. The summed E-state index contributed by atoms with van der Waals surface area (Å²) in [5.74, 6) is 0.163. The van der Waals surface area contributed by atoms with Crippen LogP contribution in [0.2, 0.25) is 0 Å². The van der Waals surface area contributed by atoms with Gasteiger partial charge in [0, 0.05) is 49.0 Å². The van der Waals surface area contributed by atoms with Crippen LogP contribution in [0.15, 0.2) is 70.2 Å². The van der Waals surface area contributed by atoms with E-state index < -0.39 is 5.91 Å². The third-order valence-corrected chi connectivity index (χ3v) is 7.14. The maximum Gasteiger partial charge on any atom is 0.253 e. The molecule has 1 amide bonds. The molecule has 0 radical (unpaired) electrons. The summed E-state index contributed by atoms with van der Waals surface area (Å²) in [5, 5.41) is 3.16. The quantitative estimate of drug-likeness (QED) is 0.157. The summed E-state index contributed by atoms with van der Waals surface area (Å²) in [5.41, 5.74) is 23.7. The molecule has 2 saturated heterocycles. The summed E-state index contributed by atoms with van der Waals surface area (Å²) < 4.78 is 7.66. The summed E-state index contributed by atoms with van der Waals surface area (Å²) in [6.07, 6.45) is 5.10. The van der Waals surface area contributed by atoms with Gasteiger partial charge in [-0.2, -0.15) is 0 Å². The van der Waals surface area contributed by atoms with E-state index in [0.29, 0.717) is 5.69 Å². The number of benzene rings is 2. The van der Waals surface area contributed by atoms with Gasteiger partial charge in [0.1, 0.15) is 11.6 Å². The van der Waals surface area contributed by atoms with Gasteiger partial charge in [-0.15, -0.1) is 0 Å². The van der Waals surface area contributed by atoms with Gasteiger partial charge >= 0.3 is 0 Å². The van der Waals surface area contributed by atoms with Gasteiger partial charge in [-0.3, -0.25) is 4.79 Å². The van der Waals surface area contributed by atoms with Crippen LogP contribution in [-0.2, 0) is 4.79 Å². The molecule has 0 bridgehead atoms. The normalized spacial score (nSPS) is 19.1. The van der Waals surface area contributed by atoms with E-state index in [1.54, 1.807) is 19.1 Å². The van der Waals surface area contributed by atoms with Crippen LogP contribution < -0.4 is 37.9 Å². The molecule has 9 N–H and O–H groups in total. The van der Waals surface area contributed by atoms with Crippen molar-refractivity contribution in [3.63, 3.8) is 0 Å². The number of amidine groups is 1. The van der Waals surface area contributed by atoms with Crippen LogP contribution in [0.4, 0.5) is 11.4 Å². The number of ether oxygens (including phenoxy) is 1. The third kappa shape index (κ3) is 8.97. The largest absolute Gasteiger partial charge is 0.497 e. The average molecular weight is 527 g/mol. The van der Waals surface area contributed by atoms with Crippen molar-refractivity contribution >= 4 is 35.1 Å². The number of rotatable bonds is 7. The Kier molecular flexibility index (Phi) is 11.1. The SMILES string of the molecule is COc1cccc(N2CCN(Sc3ccc(N=C(N)/C(=C\N)C(N)=O)cc3)CC2)c1.NC1CCCCN1. The first kappa shape index (κ1) is 28.3. The van der Waals surface area contributed by atoms with Crippen LogP contribution in [-0.4, -0.2) is 62.0 Å². The molecule has 0 aliphatic carbocycles. The zero-order valence-corrected chi connectivity index (χ0v) is 22.1. The molecular weight excluding hydrogens is 488 g/mol. The highest BCUT2D eigenvalue weighted by atomic mass is 32.2. The highest BCUT2D eigenvalue weighted by molar-refractivity contribution is 7.97. The number of piperidine rings is 1. The summed E-state index contributed by atoms with van der Waals surface area (Å²) in [7, 11) is 1.68. The van der Waals surface area contributed by atoms with Gasteiger partial charge in [0.15, 0.2) is 0 Å². The molecule has 2 aromatic rings. The number of nitrogens with two attached hydrogens (primary N) is 4. The van der Waals surface area contributed by atoms with Crippen molar-refractivity contribution in [1.29, 1.82) is 0 Å². The molecule has 1 atom stereocenters. The van der Waals surface area contributed by atoms with Crippen molar-refractivity contribution in [3.8, 4) is 5.75 Å². The fourth-order valence-electron chi connectivity index (χ4n) is 3.95. The molecular formula is C26H38N8O2S. The number of hydrogen-bond donors (Lipinski definition) is 5. The van der Waals surface area contributed by atoms with E-state index >= 15 is 0 Å². The molecule has 10 nitrogen and oxygen atoms in total. The predicted molar refractivity (Wildman–Crippen MR) is 152 cm³/mol. The Morgan fingerprint density at radius 1 is 1.11 bits per heavy atom. The Labute approximate surface area is 223 Å². The monoisotopic (exact) mass is 526 g/mol. The highest BCUT2D eigenvalue weighted by Gasteiger charge is 2.18. The second-order valence-electron chi connectivity index (χ2n) is 8.70. The van der Waals surface area contributed by atoms with Gasteiger partial charge in [0.2, 0.25) is 0 Å². The van der Waals surface area contributed by atoms with Gasteiger partial charge < -0.3 is 37.9 Å². The van der Waals surface area contributed by atoms with E-state index in [-0.39, 0.29) is 17.6 Å². The minimum atomic E-state index is -0.709. The second-order valence-corrected chi connectivity index (χ2v) is 9.87. The first-order valence-electron chi connectivity index (χ1n) is 12.4. The minimum absolute atomic E-state index is 0.000863. The van der Waals surface area contributed by atoms with Crippen molar-refractivity contribution in [2.45, 2.75) is 30.3 Å². The van der Waals surface area contributed by atoms with Gasteiger partial charge in [-0.05, 0) is 74.2 Å². The number of carbonyl (C=O) groups excluding carboxylic acids is 1. The molecule has 0 saturated carbocycles. The van der Waals surface area contributed by atoms with Crippen molar-refractivity contribution in [2.24, 2.45) is 27.9 Å². The molecule has 2 aliphatic rings. The van der Waals surface area contributed by atoms with Gasteiger partial charge in [-0.25, -0.2) is 9.30 Å². The van der Waals surface area contributed by atoms with E-state index in [9.17, 15) is 4.79 Å². The maximum absolute atomic E-state index is 11.3. The molecule has 2 heterocycles. The van der Waals surface area contributed by atoms with Crippen LogP contribution in [0.1, 0.15) is 19.3 Å². The van der Waals surface area contributed by atoms with Crippen molar-refractivity contribution < 1.29 is 9.53 Å². The average Bonchev–Trinajstić information content (AvgIpc) is 2.91. The summed E-state index contributed by atoms with van der Waals surface area (Å²) >= 11 is 1.71. The Morgan fingerprint density at radius 2 is 1.84 bits per heavy atom. The number of nitrogens with one attached hydrogen (secondary N) is 1. The lowest BCUT2D eigenvalue weighted by molar-refractivity contribution is -0.114. The molecule has 11 heteroatoms. The molecule has 0 spiro atoms. The number of piperazine rings is 1. The summed E-state index contributed by atoms with van der Waals surface area (Å²) in [6.45, 7) is 4.89. The Balaban J connectivity index is 0.000000468. The molecule has 2 fully saturated rings. The number of primary amides is 1. The predicted octanol–water partition coefficient (Wildman–Crippen LogP) is 1.89. The van der Waals surface area contributed by atoms with Gasteiger partial charge in [0.25, 0.3) is 5.91 Å². The minimum Gasteiger partial charge on any atom is -0.497 e. The number of carbonyl (C=O) groups is 1. The molecule has 2 aromatic carbocycles. The van der Waals surface area contributed by atoms with Crippen LogP contribution >= 0.6 is 11.9 Å². The Morgan fingerprint density at radius 3 is 2.38 bits per heavy atom. The van der Waals surface area contributed by atoms with Gasteiger partial charge in [-0.1, -0.05) is 6.07 Å². The van der Waals surface area contributed by atoms with E-state index in [1.807, 2.05) is 36.4 Å². The van der Waals surface area contributed by atoms with Crippen LogP contribution in [0.5, 0.6) is 5.75 Å². The highest BCUT2D eigenvalue weighted by Crippen LogP contribution is 2.28. The Hall–Kier alpha value is -3.25. The number of amides is 1. The third-order valence-electron chi connectivity index (χ3n) is 6.03. The molecule has 0 aromatic heterocycles. The first-order valence-corrected chi connectivity index (χ1v) is 13.1. The van der Waals surface area contributed by atoms with E-state index in [1.165, 1.54) is 18.5 Å². The molecule has 2 aliphatic heterocycles. The standard InChI is InChI=1S/C21H26N6O2S.C5H12N2/c1-29-17-4-2-3-16(13-17)26-9-11-27(12-10-26)30-18-7-5-15(6-8-18)25-20(23)19(14-22)21(24)28;6-5-3-1-2-4-7-5/h2-8,13-14H,9-12,22H2,1H3,(H2,23,25)(H2,24,28);5,7H,1-4,6H2/b19-14+;. The number of aliphatic imine (C=N–C) groups is 1. The fraction of sp³-hybridized carbons (Fsp3) is 0.385. The van der Waals surface area contributed by atoms with E-state index in [2.05, 4.69) is 31.6 Å². The number of hydrogen-bond acceptors (Lipinski definition) is 9. The van der Waals surface area contributed by atoms with Crippen LogP contribution in [0, 0.1) is 0 Å². The molecule has 4 rings (SSSR count). The van der Waals surface area contributed by atoms with E-state index in [0.717, 1.165) is 56.0 Å². The topological polar surface area (TPSA) is 161 Å². The zero-order valence-electron chi connectivity index (χ0n) is 21.3. The van der Waals surface area contributed by atoms with Crippen LogP contribution in [0.25, 0.3) is 0 Å². The second kappa shape index (κ2) is 14.5. The number of anilines is 1.